The van der Waals surface area contributed by atoms with Crippen LogP contribution in [0.25, 0.3) is 0 Å². The van der Waals surface area contributed by atoms with Gasteiger partial charge in [0.05, 0.1) is 36.0 Å². The molecule has 7 nitrogen and oxygen atoms in total. The van der Waals surface area contributed by atoms with Crippen LogP contribution >= 0.6 is 12.2 Å². The van der Waals surface area contributed by atoms with Gasteiger partial charge in [-0.1, -0.05) is 12.1 Å². The third kappa shape index (κ3) is 3.44. The second-order valence-electron chi connectivity index (χ2n) is 6.77. The highest BCUT2D eigenvalue weighted by atomic mass is 32.1. The van der Waals surface area contributed by atoms with Crippen LogP contribution in [0, 0.1) is 11.3 Å². The molecule has 2 aromatic rings. The molecule has 0 bridgehead atoms. The van der Waals surface area contributed by atoms with Gasteiger partial charge >= 0.3 is 5.97 Å². The lowest BCUT2D eigenvalue weighted by Crippen LogP contribution is -2.48. The molecule has 0 radical (unpaired) electrons. The van der Waals surface area contributed by atoms with Crippen molar-refractivity contribution in [3.8, 4) is 17.6 Å². The first-order chi connectivity index (χ1) is 14.5. The smallest absolute Gasteiger partial charge is 0.337 e. The maximum absolute atomic E-state index is 12.7. The third-order valence-electron chi connectivity index (χ3n) is 5.05. The van der Waals surface area contributed by atoms with Crippen molar-refractivity contribution in [3.05, 3.63) is 64.9 Å². The van der Waals surface area contributed by atoms with Crippen LogP contribution in [0.3, 0.4) is 0 Å². The van der Waals surface area contributed by atoms with Gasteiger partial charge in [-0.25, -0.2) is 4.79 Å². The Morgan fingerprint density at radius 3 is 2.57 bits per heavy atom. The summed E-state index contributed by atoms with van der Waals surface area (Å²) in [4.78, 5) is 14.5. The number of rotatable bonds is 3. The van der Waals surface area contributed by atoms with Crippen molar-refractivity contribution >= 4 is 29.0 Å². The van der Waals surface area contributed by atoms with E-state index in [0.29, 0.717) is 46.7 Å². The molecule has 0 spiro atoms. The Morgan fingerprint density at radius 2 is 1.90 bits per heavy atom. The molecule has 8 heteroatoms. The largest absolute Gasteiger partial charge is 0.486 e. The maximum Gasteiger partial charge on any atom is 0.337 e. The molecule has 1 N–H and O–H groups in total. The number of allylic oxidation sites excluding steroid dienone is 1. The predicted molar refractivity (Wildman–Crippen MR) is 114 cm³/mol. The van der Waals surface area contributed by atoms with Crippen molar-refractivity contribution in [2.45, 2.75) is 13.0 Å². The number of thiocarbonyl (C=S) groups is 1. The first-order valence-corrected chi connectivity index (χ1v) is 9.73. The molecule has 30 heavy (non-hydrogen) atoms. The highest BCUT2D eigenvalue weighted by Crippen LogP contribution is 2.38. The van der Waals surface area contributed by atoms with E-state index in [9.17, 15) is 4.79 Å². The summed E-state index contributed by atoms with van der Waals surface area (Å²) in [5.74, 6) is 0.841. The van der Waals surface area contributed by atoms with Gasteiger partial charge in [0.15, 0.2) is 16.6 Å². The van der Waals surface area contributed by atoms with Crippen LogP contribution in [0.4, 0.5) is 5.69 Å². The van der Waals surface area contributed by atoms with Crippen LogP contribution in [-0.4, -0.2) is 31.4 Å². The fraction of sp³-hybridized carbons (Fsp3) is 0.227. The van der Waals surface area contributed by atoms with E-state index in [1.54, 1.807) is 29.2 Å². The summed E-state index contributed by atoms with van der Waals surface area (Å²) >= 11 is 5.65. The van der Waals surface area contributed by atoms with E-state index in [1.165, 1.54) is 7.11 Å². The van der Waals surface area contributed by atoms with Crippen molar-refractivity contribution < 1.29 is 19.0 Å². The number of hydrogen-bond acceptors (Lipinski definition) is 6. The number of hydrogen-bond donors (Lipinski definition) is 1. The monoisotopic (exact) mass is 421 g/mol. The highest BCUT2D eigenvalue weighted by molar-refractivity contribution is 7.80. The van der Waals surface area contributed by atoms with Gasteiger partial charge in [0.2, 0.25) is 0 Å². The second kappa shape index (κ2) is 8.05. The Kier molecular flexibility index (Phi) is 5.29. The van der Waals surface area contributed by atoms with Gasteiger partial charge in [-0.05, 0) is 49.0 Å². The third-order valence-corrected chi connectivity index (χ3v) is 5.35. The number of anilines is 1. The summed E-state index contributed by atoms with van der Waals surface area (Å²) in [5, 5.41) is 12.7. The lowest BCUT2D eigenvalue weighted by molar-refractivity contribution is -0.136. The topological polar surface area (TPSA) is 83.8 Å². The molecule has 0 aromatic heterocycles. The summed E-state index contributed by atoms with van der Waals surface area (Å²) in [6, 6.07) is 14.1. The normalized spacial score (nSPS) is 17.8. The van der Waals surface area contributed by atoms with Crippen LogP contribution in [0.1, 0.15) is 24.1 Å². The van der Waals surface area contributed by atoms with Crippen molar-refractivity contribution in [2.24, 2.45) is 0 Å². The van der Waals surface area contributed by atoms with Crippen LogP contribution in [0.5, 0.6) is 11.5 Å². The number of benzene rings is 2. The van der Waals surface area contributed by atoms with Crippen LogP contribution < -0.4 is 19.7 Å². The molecule has 2 aliphatic heterocycles. The fourth-order valence-electron chi connectivity index (χ4n) is 3.60. The number of methoxy groups -OCH3 is 1. The zero-order valence-corrected chi connectivity index (χ0v) is 17.3. The van der Waals surface area contributed by atoms with Crippen molar-refractivity contribution in [1.29, 1.82) is 5.26 Å². The summed E-state index contributed by atoms with van der Waals surface area (Å²) in [6.07, 6.45) is 0. The maximum atomic E-state index is 12.7. The van der Waals surface area contributed by atoms with E-state index in [-0.39, 0.29) is 0 Å². The minimum absolute atomic E-state index is 0.436. The van der Waals surface area contributed by atoms with E-state index in [1.807, 2.05) is 25.1 Å². The van der Waals surface area contributed by atoms with Gasteiger partial charge in [0.25, 0.3) is 0 Å². The van der Waals surface area contributed by atoms with Crippen LogP contribution in [-0.2, 0) is 9.53 Å². The molecule has 0 amide bonds. The number of ether oxygens (including phenoxy) is 3. The Balaban J connectivity index is 1.79. The zero-order chi connectivity index (χ0) is 21.3. The van der Waals surface area contributed by atoms with Gasteiger partial charge < -0.3 is 19.5 Å². The molecule has 2 aromatic carbocycles. The lowest BCUT2D eigenvalue weighted by Gasteiger charge is -2.37. The molecule has 152 valence electrons. The number of carbonyl (C=O) groups excluding carboxylic acids is 1. The van der Waals surface area contributed by atoms with E-state index >= 15 is 0 Å². The number of carbonyl (C=O) groups is 1. The molecule has 0 saturated carbocycles. The molecular weight excluding hydrogens is 402 g/mol. The number of fused-ring (bicyclic) bond motifs is 1. The number of nitrogens with one attached hydrogen (secondary N) is 1. The summed E-state index contributed by atoms with van der Waals surface area (Å²) in [7, 11) is 1.35. The molecule has 0 unspecified atom stereocenters. The predicted octanol–water partition coefficient (Wildman–Crippen LogP) is 3.21. The van der Waals surface area contributed by atoms with Gasteiger partial charge in [0, 0.05) is 11.8 Å². The van der Waals surface area contributed by atoms with Gasteiger partial charge in [-0.15, -0.1) is 0 Å². The van der Waals surface area contributed by atoms with E-state index in [2.05, 4.69) is 11.4 Å². The van der Waals surface area contributed by atoms with E-state index in [4.69, 9.17) is 31.7 Å². The van der Waals surface area contributed by atoms with Crippen molar-refractivity contribution in [2.75, 3.05) is 25.2 Å². The van der Waals surface area contributed by atoms with Crippen LogP contribution in [0.2, 0.25) is 0 Å². The first-order valence-electron chi connectivity index (χ1n) is 9.33. The molecule has 0 aliphatic carbocycles. The fourth-order valence-corrected chi connectivity index (χ4v) is 3.96. The zero-order valence-electron chi connectivity index (χ0n) is 16.5. The number of nitrogens with zero attached hydrogens (tertiary/aromatic N) is 2. The van der Waals surface area contributed by atoms with E-state index in [0.717, 1.165) is 11.3 Å². The Bertz CT molecular complexity index is 1090. The Labute approximate surface area is 179 Å². The summed E-state index contributed by atoms with van der Waals surface area (Å²) < 4.78 is 16.3. The minimum atomic E-state index is -0.494. The average Bonchev–Trinajstić information content (AvgIpc) is 2.78. The Morgan fingerprint density at radius 1 is 1.20 bits per heavy atom. The number of esters is 1. The second-order valence-corrected chi connectivity index (χ2v) is 7.16. The van der Waals surface area contributed by atoms with Gasteiger partial charge in [0.1, 0.15) is 13.2 Å². The first kappa shape index (κ1) is 19.7. The summed E-state index contributed by atoms with van der Waals surface area (Å²) in [5.41, 5.74) is 3.17. The Hall–Kier alpha value is -3.57. The SMILES string of the molecule is COC(=O)C1=C(C)N(c2ccc3c(c2)OCCO3)C(=S)N[C@H]1c1ccc(C#N)cc1. The van der Waals surface area contributed by atoms with E-state index < -0.39 is 12.0 Å². The van der Waals surface area contributed by atoms with Crippen LogP contribution in [0.15, 0.2) is 53.7 Å². The molecule has 2 heterocycles. The molecule has 4 rings (SSSR count). The van der Waals surface area contributed by atoms with Gasteiger partial charge in [-0.3, -0.25) is 4.90 Å². The molecule has 2 aliphatic rings. The quantitative estimate of drug-likeness (QED) is 0.598. The minimum Gasteiger partial charge on any atom is -0.486 e. The molecule has 0 saturated heterocycles. The molecular formula is C22H19N3O4S. The van der Waals surface area contributed by atoms with Gasteiger partial charge in [-0.2, -0.15) is 5.26 Å². The summed E-state index contributed by atoms with van der Waals surface area (Å²) in [6.45, 7) is 2.81. The lowest BCUT2D eigenvalue weighted by atomic mass is 9.94. The van der Waals surface area contributed by atoms with Crippen molar-refractivity contribution in [3.63, 3.8) is 0 Å². The average molecular weight is 421 g/mol. The van der Waals surface area contributed by atoms with Crippen molar-refractivity contribution in [1.82, 2.24) is 5.32 Å². The number of nitriles is 1. The molecule has 1 atom stereocenters. The standard InChI is InChI=1S/C22H19N3O4S/c1-13-19(21(26)27-2)20(15-5-3-14(12-23)4-6-15)24-22(30)25(13)16-7-8-17-18(11-16)29-10-9-28-17/h3-8,11,20H,9-10H2,1-2H3,(H,24,30)/t20-/m0/s1. The highest BCUT2D eigenvalue weighted by Gasteiger charge is 2.35. The molecule has 0 fully saturated rings.